The molecule has 2 amide bonds. The monoisotopic (exact) mass is 303 g/mol. The Morgan fingerprint density at radius 2 is 1.57 bits per heavy atom. The van der Waals surface area contributed by atoms with Crippen molar-refractivity contribution in [2.45, 2.75) is 25.0 Å². The van der Waals surface area contributed by atoms with Crippen molar-refractivity contribution in [3.63, 3.8) is 0 Å². The molecule has 21 heavy (non-hydrogen) atoms. The molecular weight excluding hydrogens is 290 g/mol. The number of benzene rings is 1. The number of halogens is 1. The highest BCUT2D eigenvalue weighted by atomic mass is 35.5. The van der Waals surface area contributed by atoms with Crippen LogP contribution in [0.15, 0.2) is 36.4 Å². The van der Waals surface area contributed by atoms with E-state index in [1.807, 2.05) is 26.0 Å². The summed E-state index contributed by atoms with van der Waals surface area (Å²) in [5.74, 6) is -1.41. The smallest absolute Gasteiger partial charge is 0.241 e. The van der Waals surface area contributed by atoms with Gasteiger partial charge >= 0.3 is 0 Å². The largest absolute Gasteiger partial charge is 0.359 e. The second-order valence-electron chi connectivity index (χ2n) is 6.22. The van der Waals surface area contributed by atoms with Gasteiger partial charge < -0.3 is 4.74 Å². The second-order valence-corrected chi connectivity index (χ2v) is 6.63. The van der Waals surface area contributed by atoms with E-state index in [9.17, 15) is 9.59 Å². The Morgan fingerprint density at radius 3 is 2.10 bits per heavy atom. The van der Waals surface area contributed by atoms with E-state index < -0.39 is 23.0 Å². The molecule has 0 unspecified atom stereocenters. The number of nitrogens with zero attached hydrogens (tertiary/aromatic N) is 1. The van der Waals surface area contributed by atoms with E-state index in [2.05, 4.69) is 0 Å². The van der Waals surface area contributed by atoms with Gasteiger partial charge in [0.2, 0.25) is 11.8 Å². The Morgan fingerprint density at radius 1 is 1.05 bits per heavy atom. The van der Waals surface area contributed by atoms with Crippen LogP contribution >= 0.6 is 11.6 Å². The zero-order chi connectivity index (χ0) is 15.0. The van der Waals surface area contributed by atoms with E-state index >= 15 is 0 Å². The van der Waals surface area contributed by atoms with E-state index in [1.165, 1.54) is 4.90 Å². The molecule has 0 aliphatic carbocycles. The van der Waals surface area contributed by atoms with E-state index in [1.54, 1.807) is 24.3 Å². The molecule has 0 N–H and O–H groups in total. The van der Waals surface area contributed by atoms with Crippen LogP contribution in [0, 0.1) is 11.8 Å². The molecule has 0 radical (unpaired) electrons. The Labute approximate surface area is 127 Å². The predicted octanol–water partition coefficient (Wildman–Crippen LogP) is 2.56. The van der Waals surface area contributed by atoms with Crippen LogP contribution in [0.2, 0.25) is 5.02 Å². The molecule has 1 aromatic rings. The average Bonchev–Trinajstić information content (AvgIpc) is 2.97. The number of hydrogen-bond acceptors (Lipinski definition) is 3. The van der Waals surface area contributed by atoms with Gasteiger partial charge in [-0.3, -0.25) is 9.59 Å². The minimum absolute atomic E-state index is 0.228. The number of hydrogen-bond donors (Lipinski definition) is 0. The van der Waals surface area contributed by atoms with Gasteiger partial charge in [0, 0.05) is 0 Å². The third kappa shape index (κ3) is 1.44. The average molecular weight is 304 g/mol. The number of carbonyl (C=O) groups is 2. The van der Waals surface area contributed by atoms with Gasteiger partial charge in [-0.05, 0) is 26.0 Å². The maximum atomic E-state index is 12.8. The summed E-state index contributed by atoms with van der Waals surface area (Å²) in [6.45, 7) is 3.72. The molecule has 1 aromatic carbocycles. The van der Waals surface area contributed by atoms with Gasteiger partial charge in [-0.2, -0.15) is 0 Å². The Bertz CT molecular complexity index is 679. The van der Waals surface area contributed by atoms with E-state index in [0.29, 0.717) is 10.7 Å². The van der Waals surface area contributed by atoms with Crippen LogP contribution in [-0.2, 0) is 14.3 Å². The van der Waals surface area contributed by atoms with Gasteiger partial charge in [0.25, 0.3) is 0 Å². The third-order valence-electron chi connectivity index (χ3n) is 4.82. The van der Waals surface area contributed by atoms with Crippen molar-refractivity contribution in [3.05, 3.63) is 41.4 Å². The molecule has 0 spiro atoms. The fourth-order valence-corrected chi connectivity index (χ4v) is 4.12. The van der Waals surface area contributed by atoms with Crippen molar-refractivity contribution in [2.24, 2.45) is 11.8 Å². The van der Waals surface area contributed by atoms with Crippen LogP contribution in [0.1, 0.15) is 13.8 Å². The molecule has 0 saturated carbocycles. The van der Waals surface area contributed by atoms with Crippen molar-refractivity contribution < 1.29 is 14.3 Å². The first-order chi connectivity index (χ1) is 9.87. The van der Waals surface area contributed by atoms with Gasteiger partial charge in [-0.1, -0.05) is 35.9 Å². The van der Waals surface area contributed by atoms with Crippen molar-refractivity contribution in [3.8, 4) is 0 Å². The highest BCUT2D eigenvalue weighted by Gasteiger charge is 2.70. The van der Waals surface area contributed by atoms with Gasteiger partial charge in [-0.25, -0.2) is 4.90 Å². The minimum atomic E-state index is -0.706. The lowest BCUT2D eigenvalue weighted by Crippen LogP contribution is -2.39. The van der Waals surface area contributed by atoms with Crippen LogP contribution < -0.4 is 4.90 Å². The van der Waals surface area contributed by atoms with Crippen molar-refractivity contribution in [1.29, 1.82) is 0 Å². The van der Waals surface area contributed by atoms with Gasteiger partial charge in [0.15, 0.2) is 0 Å². The minimum Gasteiger partial charge on any atom is -0.359 e. The molecule has 4 atom stereocenters. The Balaban J connectivity index is 1.85. The third-order valence-corrected chi connectivity index (χ3v) is 5.14. The topological polar surface area (TPSA) is 46.6 Å². The highest BCUT2D eigenvalue weighted by Crippen LogP contribution is 2.57. The summed E-state index contributed by atoms with van der Waals surface area (Å²) in [7, 11) is 0. The zero-order valence-electron chi connectivity index (χ0n) is 11.7. The molecular formula is C16H14ClNO3. The molecule has 3 heterocycles. The highest BCUT2D eigenvalue weighted by molar-refractivity contribution is 6.36. The molecule has 5 heteroatoms. The Kier molecular flexibility index (Phi) is 2.33. The maximum absolute atomic E-state index is 12.8. The summed E-state index contributed by atoms with van der Waals surface area (Å²) < 4.78 is 5.96. The number of amides is 2. The van der Waals surface area contributed by atoms with Crippen LogP contribution in [0.5, 0.6) is 0 Å². The SMILES string of the molecule is C[C@]12C=C[C@](C)(O1)[C@@H]1C(=O)N(c3ccccc3Cl)C(=O)[C@H]12. The number of ether oxygens (including phenoxy) is 1. The molecule has 2 fully saturated rings. The van der Waals surface area contributed by atoms with Gasteiger partial charge in [0.05, 0.1) is 33.7 Å². The lowest BCUT2D eigenvalue weighted by molar-refractivity contribution is -0.128. The van der Waals surface area contributed by atoms with E-state index in [4.69, 9.17) is 16.3 Å². The quantitative estimate of drug-likeness (QED) is 0.592. The fraction of sp³-hybridized carbons (Fsp3) is 0.375. The summed E-state index contributed by atoms with van der Waals surface area (Å²) >= 11 is 6.16. The van der Waals surface area contributed by atoms with E-state index in [0.717, 1.165) is 0 Å². The van der Waals surface area contributed by atoms with E-state index in [-0.39, 0.29) is 11.8 Å². The number of imide groups is 1. The molecule has 3 aliphatic heterocycles. The van der Waals surface area contributed by atoms with Crippen LogP contribution in [0.4, 0.5) is 5.69 Å². The maximum Gasteiger partial charge on any atom is 0.241 e. The summed E-state index contributed by atoms with van der Waals surface area (Å²) in [6.07, 6.45) is 3.80. The molecule has 108 valence electrons. The summed E-state index contributed by atoms with van der Waals surface area (Å²) in [4.78, 5) is 26.9. The lowest BCUT2D eigenvalue weighted by atomic mass is 9.73. The standard InChI is InChI=1S/C16H14ClNO3/c1-15-7-8-16(2,21-15)12-11(15)13(19)18(14(12)20)10-6-4-3-5-9(10)17/h3-8,11-12H,1-2H3/t11-,12-,15-,16+/m0/s1. The molecule has 2 bridgehead atoms. The molecule has 2 saturated heterocycles. The number of carbonyl (C=O) groups excluding carboxylic acids is 2. The summed E-state index contributed by atoms with van der Waals surface area (Å²) in [6, 6.07) is 6.91. The lowest BCUT2D eigenvalue weighted by Gasteiger charge is -2.25. The summed E-state index contributed by atoms with van der Waals surface area (Å²) in [5, 5.41) is 0.399. The second kappa shape index (κ2) is 3.76. The van der Waals surface area contributed by atoms with Crippen molar-refractivity contribution in [2.75, 3.05) is 4.90 Å². The zero-order valence-corrected chi connectivity index (χ0v) is 12.4. The predicted molar refractivity (Wildman–Crippen MR) is 78.0 cm³/mol. The van der Waals surface area contributed by atoms with Crippen molar-refractivity contribution in [1.82, 2.24) is 0 Å². The first-order valence-corrected chi connectivity index (χ1v) is 7.28. The van der Waals surface area contributed by atoms with Gasteiger partial charge in [-0.15, -0.1) is 0 Å². The number of anilines is 1. The fourth-order valence-electron chi connectivity index (χ4n) is 3.90. The van der Waals surface area contributed by atoms with Crippen molar-refractivity contribution >= 4 is 29.1 Å². The van der Waals surface area contributed by atoms with Crippen LogP contribution in [-0.4, -0.2) is 23.0 Å². The molecule has 4 rings (SSSR count). The molecule has 3 aliphatic rings. The van der Waals surface area contributed by atoms with Crippen LogP contribution in [0.3, 0.4) is 0 Å². The first-order valence-electron chi connectivity index (χ1n) is 6.90. The molecule has 0 aromatic heterocycles. The molecule has 4 nitrogen and oxygen atoms in total. The van der Waals surface area contributed by atoms with Crippen LogP contribution in [0.25, 0.3) is 0 Å². The summed E-state index contributed by atoms with van der Waals surface area (Å²) in [5.41, 5.74) is -0.959. The number of fused-ring (bicyclic) bond motifs is 5. The number of rotatable bonds is 1. The normalized spacial score (nSPS) is 40.2. The number of para-hydroxylation sites is 1. The van der Waals surface area contributed by atoms with Gasteiger partial charge in [0.1, 0.15) is 0 Å². The first kappa shape index (κ1) is 13.0. The Hall–Kier alpha value is -1.65.